The molecule has 1 amide bonds. The van der Waals surface area contributed by atoms with Gasteiger partial charge in [-0.1, -0.05) is 25.0 Å². The molecule has 0 aliphatic rings. The number of unbranched alkanes of at least 4 members (excludes halogenated alkanes) is 3. The van der Waals surface area contributed by atoms with Crippen molar-refractivity contribution in [2.24, 2.45) is 5.73 Å². The van der Waals surface area contributed by atoms with Gasteiger partial charge in [-0.15, -0.1) is 23.7 Å². The molecule has 0 radical (unpaired) electrons. The highest BCUT2D eigenvalue weighted by molar-refractivity contribution is 7.21. The van der Waals surface area contributed by atoms with E-state index in [-0.39, 0.29) is 24.1 Å². The van der Waals surface area contributed by atoms with E-state index in [1.807, 2.05) is 24.3 Å². The molecular weight excluding hydrogens is 385 g/mol. The van der Waals surface area contributed by atoms with Crippen LogP contribution in [0.1, 0.15) is 32.1 Å². The number of nitrogens with one attached hydrogen (secondary N) is 1. The van der Waals surface area contributed by atoms with Gasteiger partial charge in [-0.25, -0.2) is 9.37 Å². The third-order valence-corrected chi connectivity index (χ3v) is 5.21. The molecule has 0 aliphatic heterocycles. The van der Waals surface area contributed by atoms with Crippen molar-refractivity contribution in [3.05, 3.63) is 48.3 Å². The highest BCUT2D eigenvalue weighted by Gasteiger charge is 2.14. The Bertz CT molecular complexity index is 867. The fourth-order valence-corrected chi connectivity index (χ4v) is 3.78. The van der Waals surface area contributed by atoms with Crippen LogP contribution >= 0.6 is 23.7 Å². The predicted octanol–water partition coefficient (Wildman–Crippen LogP) is 5.37. The van der Waals surface area contributed by atoms with Crippen molar-refractivity contribution in [1.29, 1.82) is 0 Å². The second kappa shape index (κ2) is 10.3. The lowest BCUT2D eigenvalue weighted by Crippen LogP contribution is -2.12. The number of thiazole rings is 1. The fraction of sp³-hybridized carbons (Fsp3) is 0.300. The first-order valence-corrected chi connectivity index (χ1v) is 9.64. The topological polar surface area (TPSA) is 68.0 Å². The number of fused-ring (bicyclic) bond motifs is 1. The van der Waals surface area contributed by atoms with Crippen LogP contribution in [-0.4, -0.2) is 17.4 Å². The number of nitrogens with zero attached hydrogens (tertiary/aromatic N) is 1. The molecule has 0 saturated heterocycles. The van der Waals surface area contributed by atoms with Gasteiger partial charge in [0.2, 0.25) is 5.91 Å². The van der Waals surface area contributed by atoms with Crippen molar-refractivity contribution in [3.63, 3.8) is 0 Å². The quantitative estimate of drug-likeness (QED) is 0.493. The lowest BCUT2D eigenvalue weighted by atomic mass is 10.1. The lowest BCUT2D eigenvalue weighted by Gasteiger charge is -2.10. The SMILES string of the molecule is Cl.NCCCCCCC(=O)Nc1ccc(F)cc1-c1nc2ccccc2s1. The Kier molecular flexibility index (Phi) is 8.16. The van der Waals surface area contributed by atoms with Crippen molar-refractivity contribution in [1.82, 2.24) is 4.98 Å². The smallest absolute Gasteiger partial charge is 0.224 e. The summed E-state index contributed by atoms with van der Waals surface area (Å²) in [6.45, 7) is 0.688. The van der Waals surface area contributed by atoms with E-state index in [1.165, 1.54) is 23.5 Å². The molecule has 3 rings (SSSR count). The van der Waals surface area contributed by atoms with Gasteiger partial charge >= 0.3 is 0 Å². The zero-order chi connectivity index (χ0) is 18.4. The summed E-state index contributed by atoms with van der Waals surface area (Å²) in [6, 6.07) is 12.2. The van der Waals surface area contributed by atoms with Gasteiger partial charge in [0.15, 0.2) is 0 Å². The largest absolute Gasteiger partial charge is 0.330 e. The number of anilines is 1. The summed E-state index contributed by atoms with van der Waals surface area (Å²) in [4.78, 5) is 16.8. The molecule has 0 spiro atoms. The molecule has 0 aliphatic carbocycles. The zero-order valence-electron chi connectivity index (χ0n) is 14.9. The molecule has 27 heavy (non-hydrogen) atoms. The molecule has 1 aromatic heterocycles. The van der Waals surface area contributed by atoms with Crippen molar-refractivity contribution >= 4 is 45.6 Å². The van der Waals surface area contributed by atoms with E-state index >= 15 is 0 Å². The number of para-hydroxylation sites is 1. The van der Waals surface area contributed by atoms with Gasteiger partial charge in [0.1, 0.15) is 10.8 Å². The highest BCUT2D eigenvalue weighted by Crippen LogP contribution is 2.35. The van der Waals surface area contributed by atoms with Crippen LogP contribution in [0.25, 0.3) is 20.8 Å². The number of aromatic nitrogens is 1. The average Bonchev–Trinajstić information content (AvgIpc) is 3.07. The van der Waals surface area contributed by atoms with Crippen LogP contribution in [0.5, 0.6) is 0 Å². The van der Waals surface area contributed by atoms with E-state index < -0.39 is 0 Å². The summed E-state index contributed by atoms with van der Waals surface area (Å²) in [5.41, 5.74) is 7.55. The number of hydrogen-bond donors (Lipinski definition) is 2. The first-order chi connectivity index (χ1) is 12.7. The van der Waals surface area contributed by atoms with Gasteiger partial charge in [-0.05, 0) is 49.7 Å². The fourth-order valence-electron chi connectivity index (χ4n) is 2.79. The van der Waals surface area contributed by atoms with Crippen molar-refractivity contribution in [2.75, 3.05) is 11.9 Å². The maximum Gasteiger partial charge on any atom is 0.224 e. The summed E-state index contributed by atoms with van der Waals surface area (Å²) in [5, 5.41) is 3.61. The van der Waals surface area contributed by atoms with Crippen molar-refractivity contribution < 1.29 is 9.18 Å². The molecule has 1 heterocycles. The molecule has 7 heteroatoms. The van der Waals surface area contributed by atoms with Gasteiger partial charge in [-0.2, -0.15) is 0 Å². The number of benzene rings is 2. The number of carbonyl (C=O) groups excluding carboxylic acids is 1. The molecule has 3 N–H and O–H groups in total. The first-order valence-electron chi connectivity index (χ1n) is 8.83. The molecule has 0 saturated carbocycles. The minimum Gasteiger partial charge on any atom is -0.330 e. The van der Waals surface area contributed by atoms with E-state index in [4.69, 9.17) is 5.73 Å². The molecule has 4 nitrogen and oxygen atoms in total. The maximum absolute atomic E-state index is 13.8. The van der Waals surface area contributed by atoms with Crippen LogP contribution in [0.2, 0.25) is 0 Å². The minimum atomic E-state index is -0.348. The Labute approximate surface area is 168 Å². The van der Waals surface area contributed by atoms with E-state index in [2.05, 4.69) is 10.3 Å². The number of rotatable bonds is 8. The van der Waals surface area contributed by atoms with Crippen LogP contribution in [0, 0.1) is 5.82 Å². The van der Waals surface area contributed by atoms with Crippen LogP contribution in [-0.2, 0) is 4.79 Å². The van der Waals surface area contributed by atoms with E-state index in [1.54, 1.807) is 6.07 Å². The van der Waals surface area contributed by atoms with Crippen molar-refractivity contribution in [2.45, 2.75) is 32.1 Å². The van der Waals surface area contributed by atoms with Crippen LogP contribution in [0.4, 0.5) is 10.1 Å². The third kappa shape index (κ3) is 5.73. The number of halogens is 2. The Morgan fingerprint density at radius 1 is 1.11 bits per heavy atom. The summed E-state index contributed by atoms with van der Waals surface area (Å²) in [7, 11) is 0. The second-order valence-electron chi connectivity index (χ2n) is 6.18. The first kappa shape index (κ1) is 21.3. The highest BCUT2D eigenvalue weighted by atomic mass is 35.5. The summed E-state index contributed by atoms with van der Waals surface area (Å²) >= 11 is 1.49. The van der Waals surface area contributed by atoms with Crippen LogP contribution < -0.4 is 11.1 Å². The van der Waals surface area contributed by atoms with Crippen LogP contribution in [0.3, 0.4) is 0 Å². The monoisotopic (exact) mass is 407 g/mol. The standard InChI is InChI=1S/C20H22FN3OS.ClH/c21-14-10-11-16(23-19(25)9-3-1-2-6-12-22)15(13-14)20-24-17-7-4-5-8-18(17)26-20;/h4-5,7-8,10-11,13H,1-3,6,9,12,22H2,(H,23,25);1H. The number of hydrogen-bond acceptors (Lipinski definition) is 4. The second-order valence-corrected chi connectivity index (χ2v) is 7.21. The molecule has 144 valence electrons. The molecule has 3 aromatic rings. The average molecular weight is 408 g/mol. The minimum absolute atomic E-state index is 0. The molecule has 2 aromatic carbocycles. The Hall–Kier alpha value is -2.02. The lowest BCUT2D eigenvalue weighted by molar-refractivity contribution is -0.116. The summed E-state index contributed by atoms with van der Waals surface area (Å²) in [6.07, 6.45) is 4.28. The summed E-state index contributed by atoms with van der Waals surface area (Å²) < 4.78 is 14.8. The maximum atomic E-state index is 13.8. The molecule has 0 unspecified atom stereocenters. The molecule has 0 bridgehead atoms. The predicted molar refractivity (Wildman–Crippen MR) is 113 cm³/mol. The number of nitrogens with two attached hydrogens (primary N) is 1. The van der Waals surface area contributed by atoms with Gasteiger partial charge in [0.25, 0.3) is 0 Å². The van der Waals surface area contributed by atoms with Gasteiger partial charge in [0, 0.05) is 12.0 Å². The molecular formula is C20H23ClFN3OS. The molecule has 0 atom stereocenters. The van der Waals surface area contributed by atoms with Crippen molar-refractivity contribution in [3.8, 4) is 10.6 Å². The third-order valence-electron chi connectivity index (χ3n) is 4.14. The van der Waals surface area contributed by atoms with Crippen LogP contribution in [0.15, 0.2) is 42.5 Å². The number of amides is 1. The Balaban J connectivity index is 0.00000261. The van der Waals surface area contributed by atoms with E-state index in [9.17, 15) is 9.18 Å². The van der Waals surface area contributed by atoms with Gasteiger partial charge in [0.05, 0.1) is 15.9 Å². The molecule has 0 fully saturated rings. The normalized spacial score (nSPS) is 10.6. The zero-order valence-corrected chi connectivity index (χ0v) is 16.5. The Morgan fingerprint density at radius 3 is 2.67 bits per heavy atom. The summed E-state index contributed by atoms with van der Waals surface area (Å²) in [5.74, 6) is -0.411. The van der Waals surface area contributed by atoms with Gasteiger partial charge < -0.3 is 11.1 Å². The number of carbonyl (C=O) groups is 1. The Morgan fingerprint density at radius 2 is 1.89 bits per heavy atom. The van der Waals surface area contributed by atoms with E-state index in [0.29, 0.717) is 29.2 Å². The van der Waals surface area contributed by atoms with E-state index in [0.717, 1.165) is 35.9 Å². The van der Waals surface area contributed by atoms with Gasteiger partial charge in [-0.3, -0.25) is 4.79 Å².